The van der Waals surface area contributed by atoms with Crippen LogP contribution < -0.4 is 0 Å². The first-order chi connectivity index (χ1) is 11.4. The molecule has 2 rings (SSSR count). The molecule has 0 heterocycles. The molecular formula is C19H27F3SiZr. The average Bonchev–Trinajstić information content (AvgIpc) is 3.25. The van der Waals surface area contributed by atoms with Gasteiger partial charge in [-0.2, -0.15) is 12.2 Å². The van der Waals surface area contributed by atoms with Crippen LogP contribution in [0.4, 0.5) is 13.2 Å². The Balaban J connectivity index is 0.000000346. The maximum atomic E-state index is 11.8. The van der Waals surface area contributed by atoms with Gasteiger partial charge in [0, 0.05) is 0 Å². The Kier molecular flexibility index (Phi) is 15.0. The summed E-state index contributed by atoms with van der Waals surface area (Å²) in [4.78, 5) is 0. The van der Waals surface area contributed by atoms with E-state index in [9.17, 15) is 13.2 Å². The first-order valence-electron chi connectivity index (χ1n) is 8.53. The van der Waals surface area contributed by atoms with Crippen LogP contribution >= 0.6 is 0 Å². The fourth-order valence-electron chi connectivity index (χ4n) is 1.83. The molecule has 0 fully saturated rings. The zero-order chi connectivity index (χ0) is 18.3. The van der Waals surface area contributed by atoms with Crippen molar-refractivity contribution in [3.63, 3.8) is 0 Å². The summed E-state index contributed by atoms with van der Waals surface area (Å²) in [5.74, 6) is -3.85. The summed E-state index contributed by atoms with van der Waals surface area (Å²) in [5.41, 5.74) is -0.495. The maximum absolute atomic E-state index is 11.8. The van der Waals surface area contributed by atoms with Gasteiger partial charge in [-0.25, -0.2) is 23.8 Å². The SMILES string of the molecule is CCCCC1=CC[C-]=C1.CCCC[Si](=[Zr+2])C(F)(F)F.[C-]1=CC=CC1. The van der Waals surface area contributed by atoms with Crippen molar-refractivity contribution in [1.82, 2.24) is 0 Å². The number of hydrogen-bond donors (Lipinski definition) is 0. The van der Waals surface area contributed by atoms with Gasteiger partial charge in [0.2, 0.25) is 0 Å². The van der Waals surface area contributed by atoms with Gasteiger partial charge in [0.1, 0.15) is 0 Å². The number of allylic oxidation sites excluding steroid dienone is 8. The quantitative estimate of drug-likeness (QED) is 0.328. The number of unbranched alkanes of at least 4 members (excludes halogenated alkanes) is 2. The molecule has 2 aliphatic carbocycles. The summed E-state index contributed by atoms with van der Waals surface area (Å²) in [6.07, 6.45) is 24.1. The Hall–Kier alpha value is -0.150. The number of hydrogen-bond acceptors (Lipinski definition) is 0. The van der Waals surface area contributed by atoms with Crippen LogP contribution in [-0.2, 0) is 23.3 Å². The number of alkyl halides is 3. The first-order valence-corrected chi connectivity index (χ1v) is 13.9. The van der Waals surface area contributed by atoms with Gasteiger partial charge in [-0.3, -0.25) is 12.2 Å². The van der Waals surface area contributed by atoms with Crippen LogP contribution in [0, 0.1) is 12.2 Å². The van der Waals surface area contributed by atoms with Crippen molar-refractivity contribution >= 4 is 5.43 Å². The van der Waals surface area contributed by atoms with Crippen LogP contribution in [0.3, 0.4) is 0 Å². The van der Waals surface area contributed by atoms with Crippen molar-refractivity contribution in [3.05, 3.63) is 48.1 Å². The summed E-state index contributed by atoms with van der Waals surface area (Å²) in [7, 11) is 0. The van der Waals surface area contributed by atoms with Crippen LogP contribution in [-0.4, -0.2) is 11.2 Å². The predicted octanol–water partition coefficient (Wildman–Crippen LogP) is 6.60. The summed E-state index contributed by atoms with van der Waals surface area (Å²) < 4.78 is 35.5. The van der Waals surface area contributed by atoms with E-state index < -0.39 is 11.2 Å². The molecule has 0 aromatic carbocycles. The third-order valence-corrected chi connectivity index (χ3v) is 8.77. The second-order valence-corrected chi connectivity index (χ2v) is 12.0. The molecule has 0 aromatic rings. The first kappa shape index (κ1) is 23.9. The molecule has 0 atom stereocenters. The maximum Gasteiger partial charge on any atom is -0.109 e. The van der Waals surface area contributed by atoms with E-state index in [-0.39, 0.29) is 0 Å². The standard InChI is InChI=1S/C9H13.C5H9F3Si.C5H5.Zr/c1-2-3-6-9-7-4-5-8-9;1-2-3-4-9-5(6,7)8;1-2-4-5-3-1;/h7-8H,2-4,6H2,1H3;2-4H2,1H3;1-3H,4H2;/q-1;;-1;+2. The zero-order valence-corrected chi connectivity index (χ0v) is 18.1. The zero-order valence-electron chi connectivity index (χ0n) is 14.7. The van der Waals surface area contributed by atoms with E-state index in [1.165, 1.54) is 24.8 Å². The Labute approximate surface area is 160 Å². The van der Waals surface area contributed by atoms with E-state index >= 15 is 0 Å². The van der Waals surface area contributed by atoms with Crippen LogP contribution in [0.25, 0.3) is 0 Å². The molecule has 0 amide bonds. The molecule has 0 N–H and O–H groups in total. The summed E-state index contributed by atoms with van der Waals surface area (Å²) in [6.45, 7) is 4.14. The van der Waals surface area contributed by atoms with Gasteiger partial charge in [0.15, 0.2) is 0 Å². The van der Waals surface area contributed by atoms with Gasteiger partial charge in [-0.15, -0.1) is 12.8 Å². The Morgan fingerprint density at radius 3 is 2.21 bits per heavy atom. The molecule has 0 nitrogen and oxygen atoms in total. The molecule has 0 saturated heterocycles. The van der Waals surface area contributed by atoms with E-state index in [0.717, 1.165) is 25.7 Å². The fraction of sp³-hybridized carbons (Fsp3) is 0.579. The van der Waals surface area contributed by atoms with Crippen LogP contribution in [0.1, 0.15) is 58.8 Å². The molecule has 5 heteroatoms. The topological polar surface area (TPSA) is 0 Å². The molecule has 0 aromatic heterocycles. The van der Waals surface area contributed by atoms with Crippen LogP contribution in [0.5, 0.6) is 0 Å². The minimum atomic E-state index is -3.85. The number of halogens is 3. The van der Waals surface area contributed by atoms with Gasteiger partial charge in [0.05, 0.1) is 0 Å². The van der Waals surface area contributed by atoms with E-state index in [2.05, 4.69) is 37.3 Å². The van der Waals surface area contributed by atoms with Crippen LogP contribution in [0.2, 0.25) is 6.04 Å². The van der Waals surface area contributed by atoms with Gasteiger partial charge in [-0.05, 0) is 0 Å². The molecule has 24 heavy (non-hydrogen) atoms. The van der Waals surface area contributed by atoms with Crippen molar-refractivity contribution in [2.24, 2.45) is 0 Å². The molecule has 2 aliphatic rings. The summed E-state index contributed by atoms with van der Waals surface area (Å²) >= 11 is 0.689. The molecule has 0 aliphatic heterocycles. The molecule has 0 spiro atoms. The molecule has 0 bridgehead atoms. The van der Waals surface area contributed by atoms with Crippen molar-refractivity contribution in [3.8, 4) is 0 Å². The minimum Gasteiger partial charge on any atom is -0.273 e. The van der Waals surface area contributed by atoms with Crippen LogP contribution in [0.15, 0.2) is 36.0 Å². The molecule has 132 valence electrons. The monoisotopic (exact) mass is 430 g/mol. The van der Waals surface area contributed by atoms with Gasteiger partial charge >= 0.3 is 73.5 Å². The van der Waals surface area contributed by atoms with Gasteiger partial charge in [-0.1, -0.05) is 26.2 Å². The Morgan fingerprint density at radius 2 is 1.83 bits per heavy atom. The van der Waals surface area contributed by atoms with Crippen molar-refractivity contribution in [2.75, 3.05) is 0 Å². The minimum absolute atomic E-state index is 0.406. The third kappa shape index (κ3) is 14.2. The smallest absolute Gasteiger partial charge is 0.109 e. The molecular weight excluding hydrogens is 405 g/mol. The second-order valence-electron chi connectivity index (χ2n) is 5.52. The molecule has 0 radical (unpaired) electrons. The second kappa shape index (κ2) is 15.1. The Morgan fingerprint density at radius 1 is 1.12 bits per heavy atom. The average molecular weight is 432 g/mol. The van der Waals surface area contributed by atoms with E-state index in [1.54, 1.807) is 0 Å². The van der Waals surface area contributed by atoms with Crippen molar-refractivity contribution in [2.45, 2.75) is 70.6 Å². The Bertz CT molecular complexity index is 450. The molecule has 0 unspecified atom stereocenters. The van der Waals surface area contributed by atoms with E-state index in [1.807, 2.05) is 19.1 Å². The third-order valence-electron chi connectivity index (χ3n) is 3.30. The van der Waals surface area contributed by atoms with E-state index in [4.69, 9.17) is 0 Å². The summed E-state index contributed by atoms with van der Waals surface area (Å²) in [5, 5.41) is 0. The van der Waals surface area contributed by atoms with Crippen molar-refractivity contribution < 1.29 is 36.5 Å². The normalized spacial score (nSPS) is 14.7. The van der Waals surface area contributed by atoms with E-state index in [0.29, 0.717) is 29.4 Å². The largest absolute Gasteiger partial charge is 0.273 e. The molecule has 0 saturated carbocycles. The number of rotatable bonds is 6. The van der Waals surface area contributed by atoms with Gasteiger partial charge < -0.3 is 0 Å². The van der Waals surface area contributed by atoms with Gasteiger partial charge in [0.25, 0.3) is 0 Å². The summed E-state index contributed by atoms with van der Waals surface area (Å²) in [6, 6.07) is 0.406. The fourth-order valence-corrected chi connectivity index (χ4v) is 4.12. The predicted molar refractivity (Wildman–Crippen MR) is 93.1 cm³/mol. The van der Waals surface area contributed by atoms with Crippen molar-refractivity contribution in [1.29, 1.82) is 0 Å².